The molecule has 0 unspecified atom stereocenters. The molecular formula is C19H13N3Se. The van der Waals surface area contributed by atoms with E-state index in [2.05, 4.69) is 39.2 Å². The number of pyridine rings is 3. The van der Waals surface area contributed by atoms with Crippen LogP contribution in [0, 0.1) is 0 Å². The third-order valence-corrected chi connectivity index (χ3v) is 5.41. The molecule has 0 aliphatic rings. The van der Waals surface area contributed by atoms with Crippen molar-refractivity contribution in [3.05, 3.63) is 78.0 Å². The van der Waals surface area contributed by atoms with Crippen LogP contribution in [0.3, 0.4) is 0 Å². The van der Waals surface area contributed by atoms with Crippen LogP contribution < -0.4 is 0 Å². The van der Waals surface area contributed by atoms with Gasteiger partial charge in [0.15, 0.2) is 0 Å². The second-order valence-corrected chi connectivity index (χ2v) is 7.02. The third kappa shape index (κ3) is 3.00. The SMILES string of the molecule is c1ccc(-c2cc(-c3ccc[se]3)cc(-c3ccccn3)n2)nc1. The Hall–Kier alpha value is -2.55. The van der Waals surface area contributed by atoms with Gasteiger partial charge in [-0.15, -0.1) is 0 Å². The Morgan fingerprint density at radius 1 is 0.652 bits per heavy atom. The van der Waals surface area contributed by atoms with E-state index >= 15 is 0 Å². The first-order valence-electron chi connectivity index (χ1n) is 7.29. The summed E-state index contributed by atoms with van der Waals surface area (Å²) < 4.78 is 1.36. The Labute approximate surface area is 140 Å². The van der Waals surface area contributed by atoms with Crippen LogP contribution in [0.5, 0.6) is 0 Å². The van der Waals surface area contributed by atoms with Crippen molar-refractivity contribution >= 4 is 14.5 Å². The van der Waals surface area contributed by atoms with Gasteiger partial charge in [0, 0.05) is 0 Å². The summed E-state index contributed by atoms with van der Waals surface area (Å²) in [5.74, 6) is 0. The molecule has 4 heterocycles. The zero-order valence-corrected chi connectivity index (χ0v) is 14.0. The molecule has 0 amide bonds. The number of hydrogen-bond donors (Lipinski definition) is 0. The number of nitrogens with zero attached hydrogens (tertiary/aromatic N) is 3. The van der Waals surface area contributed by atoms with Crippen LogP contribution in [0.15, 0.2) is 78.0 Å². The fourth-order valence-corrected chi connectivity index (χ4v) is 3.91. The minimum atomic E-state index is 0.379. The third-order valence-electron chi connectivity index (χ3n) is 3.49. The summed E-state index contributed by atoms with van der Waals surface area (Å²) in [4.78, 5) is 15.9. The average Bonchev–Trinajstić information content (AvgIpc) is 3.18. The summed E-state index contributed by atoms with van der Waals surface area (Å²) in [6.07, 6.45) is 3.59. The standard InChI is InChI=1S/C19H13N3Se/c1-3-9-20-15(6-1)17-12-14(19-8-5-11-23-19)13-18(22-17)16-7-2-4-10-21-16/h1-13H. The van der Waals surface area contributed by atoms with Gasteiger partial charge in [-0.05, 0) is 0 Å². The quantitative estimate of drug-likeness (QED) is 0.519. The van der Waals surface area contributed by atoms with Crippen molar-refractivity contribution in [2.24, 2.45) is 0 Å². The second-order valence-electron chi connectivity index (χ2n) is 5.03. The maximum absolute atomic E-state index is 4.78. The van der Waals surface area contributed by atoms with Gasteiger partial charge >= 0.3 is 140 Å². The van der Waals surface area contributed by atoms with Crippen molar-refractivity contribution in [2.45, 2.75) is 0 Å². The topological polar surface area (TPSA) is 38.7 Å². The molecule has 0 aliphatic carbocycles. The molecule has 110 valence electrons. The predicted molar refractivity (Wildman–Crippen MR) is 93.1 cm³/mol. The van der Waals surface area contributed by atoms with Crippen molar-refractivity contribution in [3.63, 3.8) is 0 Å². The van der Waals surface area contributed by atoms with Crippen LogP contribution in [-0.2, 0) is 0 Å². The zero-order chi connectivity index (χ0) is 15.5. The first-order chi connectivity index (χ1) is 11.4. The Kier molecular flexibility index (Phi) is 3.85. The Morgan fingerprint density at radius 3 is 1.78 bits per heavy atom. The molecule has 0 bridgehead atoms. The van der Waals surface area contributed by atoms with Crippen molar-refractivity contribution in [3.8, 4) is 32.8 Å². The van der Waals surface area contributed by atoms with Crippen LogP contribution in [-0.4, -0.2) is 29.5 Å². The summed E-state index contributed by atoms with van der Waals surface area (Å²) in [7, 11) is 0. The Balaban J connectivity index is 1.91. The summed E-state index contributed by atoms with van der Waals surface area (Å²) in [5.41, 5.74) is 4.72. The molecule has 0 N–H and O–H groups in total. The molecular weight excluding hydrogens is 349 g/mol. The molecule has 0 aliphatic heterocycles. The Morgan fingerprint density at radius 2 is 1.30 bits per heavy atom. The van der Waals surface area contributed by atoms with E-state index < -0.39 is 0 Å². The zero-order valence-electron chi connectivity index (χ0n) is 12.3. The van der Waals surface area contributed by atoms with E-state index in [1.54, 1.807) is 12.4 Å². The molecule has 4 heteroatoms. The second kappa shape index (κ2) is 6.29. The molecule has 0 aromatic carbocycles. The van der Waals surface area contributed by atoms with Crippen molar-refractivity contribution in [2.75, 3.05) is 0 Å². The van der Waals surface area contributed by atoms with Crippen molar-refractivity contribution in [1.82, 2.24) is 15.0 Å². The van der Waals surface area contributed by atoms with E-state index in [-0.39, 0.29) is 0 Å². The molecule has 0 saturated heterocycles. The van der Waals surface area contributed by atoms with E-state index in [1.807, 2.05) is 36.4 Å². The van der Waals surface area contributed by atoms with E-state index in [0.717, 1.165) is 22.8 Å². The van der Waals surface area contributed by atoms with Gasteiger partial charge in [-0.2, -0.15) is 0 Å². The monoisotopic (exact) mass is 363 g/mol. The first-order valence-corrected chi connectivity index (χ1v) is 9.13. The van der Waals surface area contributed by atoms with E-state index in [1.165, 1.54) is 10.0 Å². The van der Waals surface area contributed by atoms with Gasteiger partial charge in [-0.1, -0.05) is 0 Å². The van der Waals surface area contributed by atoms with Crippen LogP contribution in [0.1, 0.15) is 0 Å². The number of hydrogen-bond acceptors (Lipinski definition) is 3. The molecule has 4 aromatic rings. The molecule has 3 nitrogen and oxygen atoms in total. The van der Waals surface area contributed by atoms with E-state index in [9.17, 15) is 0 Å². The summed E-state index contributed by atoms with van der Waals surface area (Å²) in [6, 6.07) is 20.3. The molecule has 4 rings (SSSR count). The number of rotatable bonds is 3. The fraction of sp³-hybridized carbons (Fsp3) is 0. The van der Waals surface area contributed by atoms with Crippen LogP contribution >= 0.6 is 0 Å². The molecule has 0 radical (unpaired) electrons. The fourth-order valence-electron chi connectivity index (χ4n) is 2.41. The molecule has 0 fully saturated rings. The molecule has 0 spiro atoms. The molecule has 0 saturated carbocycles. The van der Waals surface area contributed by atoms with Gasteiger partial charge in [0.2, 0.25) is 0 Å². The normalized spacial score (nSPS) is 10.6. The number of aromatic nitrogens is 3. The van der Waals surface area contributed by atoms with Crippen LogP contribution in [0.25, 0.3) is 32.8 Å². The van der Waals surface area contributed by atoms with Crippen LogP contribution in [0.2, 0.25) is 0 Å². The van der Waals surface area contributed by atoms with Gasteiger partial charge in [0.25, 0.3) is 0 Å². The Bertz CT molecular complexity index is 846. The van der Waals surface area contributed by atoms with Gasteiger partial charge in [0.1, 0.15) is 0 Å². The van der Waals surface area contributed by atoms with E-state index in [0.29, 0.717) is 14.5 Å². The summed E-state index contributed by atoms with van der Waals surface area (Å²) in [6.45, 7) is 0. The summed E-state index contributed by atoms with van der Waals surface area (Å²) in [5, 5.41) is 0. The van der Waals surface area contributed by atoms with Crippen molar-refractivity contribution in [1.29, 1.82) is 0 Å². The maximum atomic E-state index is 4.78. The predicted octanol–water partition coefficient (Wildman–Crippen LogP) is 3.93. The summed E-state index contributed by atoms with van der Waals surface area (Å²) >= 11 is 0.379. The van der Waals surface area contributed by atoms with E-state index in [4.69, 9.17) is 4.98 Å². The van der Waals surface area contributed by atoms with Gasteiger partial charge in [-0.25, -0.2) is 0 Å². The van der Waals surface area contributed by atoms with Gasteiger partial charge in [-0.3, -0.25) is 0 Å². The average molecular weight is 362 g/mol. The van der Waals surface area contributed by atoms with Gasteiger partial charge < -0.3 is 0 Å². The van der Waals surface area contributed by atoms with Gasteiger partial charge in [0.05, 0.1) is 0 Å². The molecule has 4 aromatic heterocycles. The van der Waals surface area contributed by atoms with Crippen LogP contribution in [0.4, 0.5) is 0 Å². The minimum absolute atomic E-state index is 0.379. The van der Waals surface area contributed by atoms with Crippen molar-refractivity contribution < 1.29 is 0 Å². The molecule has 0 atom stereocenters. The molecule has 23 heavy (non-hydrogen) atoms. The first kappa shape index (κ1) is 14.1.